The maximum absolute atomic E-state index is 5.54. The molecule has 0 N–H and O–H groups in total. The Morgan fingerprint density at radius 2 is 2.09 bits per heavy atom. The lowest BCUT2D eigenvalue weighted by atomic mass is 9.84. The van der Waals surface area contributed by atoms with Gasteiger partial charge in [-0.2, -0.15) is 0 Å². The SMILES string of the molecule is [CH]1CCC(C2[CH]CCCC2)O1. The molecular formula is C10H16O. The van der Waals surface area contributed by atoms with Crippen LogP contribution in [0.3, 0.4) is 0 Å². The molecule has 0 aromatic heterocycles. The highest BCUT2D eigenvalue weighted by Crippen LogP contribution is 2.32. The van der Waals surface area contributed by atoms with E-state index in [1.54, 1.807) is 0 Å². The van der Waals surface area contributed by atoms with Crippen LogP contribution in [0.5, 0.6) is 0 Å². The zero-order chi connectivity index (χ0) is 7.52. The van der Waals surface area contributed by atoms with Crippen molar-refractivity contribution in [2.75, 3.05) is 0 Å². The second-order valence-electron chi connectivity index (χ2n) is 3.60. The normalized spacial score (nSPS) is 34.4. The molecular weight excluding hydrogens is 136 g/mol. The van der Waals surface area contributed by atoms with Crippen LogP contribution >= 0.6 is 0 Å². The van der Waals surface area contributed by atoms with Gasteiger partial charge < -0.3 is 4.74 Å². The largest absolute Gasteiger partial charge is 0.372 e. The van der Waals surface area contributed by atoms with E-state index in [0.717, 1.165) is 12.3 Å². The number of hydrogen-bond donors (Lipinski definition) is 0. The van der Waals surface area contributed by atoms with E-state index in [1.165, 1.54) is 32.1 Å². The topological polar surface area (TPSA) is 9.23 Å². The van der Waals surface area contributed by atoms with Gasteiger partial charge in [0.05, 0.1) is 12.7 Å². The molecule has 0 spiro atoms. The van der Waals surface area contributed by atoms with Crippen LogP contribution in [0.25, 0.3) is 0 Å². The Hall–Kier alpha value is -0.0400. The standard InChI is InChI=1S/C10H16O/c1-2-5-9(6-3-1)10-7-4-8-11-10/h5,8-10H,1-4,6-7H2. The average Bonchev–Trinajstić information content (AvgIpc) is 2.58. The predicted molar refractivity (Wildman–Crippen MR) is 44.7 cm³/mol. The highest BCUT2D eigenvalue weighted by molar-refractivity contribution is 4.89. The monoisotopic (exact) mass is 152 g/mol. The molecule has 0 bridgehead atoms. The van der Waals surface area contributed by atoms with Crippen molar-refractivity contribution in [3.05, 3.63) is 13.0 Å². The van der Waals surface area contributed by atoms with Gasteiger partial charge in [0.2, 0.25) is 0 Å². The van der Waals surface area contributed by atoms with E-state index in [9.17, 15) is 0 Å². The molecule has 1 aliphatic carbocycles. The second kappa shape index (κ2) is 3.57. The molecule has 1 nitrogen and oxygen atoms in total. The zero-order valence-electron chi connectivity index (χ0n) is 6.96. The third-order valence-electron chi connectivity index (χ3n) is 2.78. The van der Waals surface area contributed by atoms with Crippen molar-refractivity contribution in [2.24, 2.45) is 5.92 Å². The Balaban J connectivity index is 1.82. The Morgan fingerprint density at radius 1 is 1.09 bits per heavy atom. The van der Waals surface area contributed by atoms with Crippen molar-refractivity contribution in [1.29, 1.82) is 0 Å². The minimum atomic E-state index is 0.537. The summed E-state index contributed by atoms with van der Waals surface area (Å²) in [5.41, 5.74) is 0. The van der Waals surface area contributed by atoms with E-state index in [1.807, 2.05) is 6.61 Å². The lowest BCUT2D eigenvalue weighted by Crippen LogP contribution is -2.22. The molecule has 1 heterocycles. The number of ether oxygens (including phenoxy) is 1. The molecule has 2 fully saturated rings. The summed E-state index contributed by atoms with van der Waals surface area (Å²) in [5.74, 6) is 0.766. The van der Waals surface area contributed by atoms with Crippen molar-refractivity contribution >= 4 is 0 Å². The van der Waals surface area contributed by atoms with Crippen LogP contribution < -0.4 is 0 Å². The van der Waals surface area contributed by atoms with Gasteiger partial charge in [0.15, 0.2) is 0 Å². The van der Waals surface area contributed by atoms with Gasteiger partial charge in [0.25, 0.3) is 0 Å². The van der Waals surface area contributed by atoms with Gasteiger partial charge in [-0.15, -0.1) is 0 Å². The van der Waals surface area contributed by atoms with E-state index in [-0.39, 0.29) is 0 Å². The quantitative estimate of drug-likeness (QED) is 0.561. The predicted octanol–water partition coefficient (Wildman–Crippen LogP) is 2.72. The fraction of sp³-hybridized carbons (Fsp3) is 0.800. The summed E-state index contributed by atoms with van der Waals surface area (Å²) in [4.78, 5) is 0. The third-order valence-corrected chi connectivity index (χ3v) is 2.78. The molecule has 2 radical (unpaired) electrons. The molecule has 1 saturated heterocycles. The van der Waals surface area contributed by atoms with Crippen LogP contribution in [0, 0.1) is 18.9 Å². The van der Waals surface area contributed by atoms with Crippen LogP contribution in [-0.4, -0.2) is 6.10 Å². The summed E-state index contributed by atoms with van der Waals surface area (Å²) < 4.78 is 5.54. The van der Waals surface area contributed by atoms with Crippen LogP contribution in [0.4, 0.5) is 0 Å². The van der Waals surface area contributed by atoms with Gasteiger partial charge in [0, 0.05) is 0 Å². The van der Waals surface area contributed by atoms with Crippen LogP contribution in [0.15, 0.2) is 0 Å². The molecule has 1 saturated carbocycles. The average molecular weight is 152 g/mol. The van der Waals surface area contributed by atoms with E-state index in [4.69, 9.17) is 4.74 Å². The Bertz CT molecular complexity index is 110. The van der Waals surface area contributed by atoms with Gasteiger partial charge in [-0.3, -0.25) is 0 Å². The molecule has 11 heavy (non-hydrogen) atoms. The number of hydrogen-bond acceptors (Lipinski definition) is 1. The minimum absolute atomic E-state index is 0.537. The Labute approximate surface area is 69.1 Å². The smallest absolute Gasteiger partial charge is 0.0841 e. The second-order valence-corrected chi connectivity index (χ2v) is 3.60. The van der Waals surface area contributed by atoms with Crippen LogP contribution in [0.1, 0.15) is 38.5 Å². The summed E-state index contributed by atoms with van der Waals surface area (Å²) in [6, 6.07) is 0. The molecule has 2 aliphatic rings. The maximum atomic E-state index is 5.54. The van der Waals surface area contributed by atoms with Gasteiger partial charge >= 0.3 is 0 Å². The van der Waals surface area contributed by atoms with E-state index in [0.29, 0.717) is 6.10 Å². The first-order chi connectivity index (χ1) is 5.47. The first-order valence-electron chi connectivity index (χ1n) is 4.77. The van der Waals surface area contributed by atoms with Crippen LogP contribution in [-0.2, 0) is 4.74 Å². The lowest BCUT2D eigenvalue weighted by molar-refractivity contribution is 0.0973. The van der Waals surface area contributed by atoms with Crippen molar-refractivity contribution in [3.8, 4) is 0 Å². The zero-order valence-corrected chi connectivity index (χ0v) is 6.96. The fourth-order valence-electron chi connectivity index (χ4n) is 2.12. The van der Waals surface area contributed by atoms with E-state index < -0.39 is 0 Å². The maximum Gasteiger partial charge on any atom is 0.0841 e. The molecule has 2 unspecified atom stereocenters. The molecule has 2 rings (SSSR count). The molecule has 1 heteroatoms. The molecule has 62 valence electrons. The Morgan fingerprint density at radius 3 is 2.73 bits per heavy atom. The number of rotatable bonds is 1. The summed E-state index contributed by atoms with van der Waals surface area (Å²) in [5, 5.41) is 0. The third kappa shape index (κ3) is 1.76. The summed E-state index contributed by atoms with van der Waals surface area (Å²) in [7, 11) is 0. The molecule has 1 aliphatic heterocycles. The summed E-state index contributed by atoms with van der Waals surface area (Å²) >= 11 is 0. The van der Waals surface area contributed by atoms with E-state index >= 15 is 0 Å². The first kappa shape index (κ1) is 7.60. The summed E-state index contributed by atoms with van der Waals surface area (Å²) in [6.07, 6.45) is 10.9. The molecule has 2 atom stereocenters. The Kier molecular flexibility index (Phi) is 2.47. The minimum Gasteiger partial charge on any atom is -0.372 e. The molecule has 0 amide bonds. The van der Waals surface area contributed by atoms with Crippen molar-refractivity contribution in [3.63, 3.8) is 0 Å². The molecule has 0 aromatic carbocycles. The van der Waals surface area contributed by atoms with Gasteiger partial charge in [-0.25, -0.2) is 0 Å². The van der Waals surface area contributed by atoms with E-state index in [2.05, 4.69) is 6.42 Å². The lowest BCUT2D eigenvalue weighted by Gasteiger charge is -2.25. The molecule has 0 aromatic rings. The van der Waals surface area contributed by atoms with Gasteiger partial charge in [-0.1, -0.05) is 12.8 Å². The van der Waals surface area contributed by atoms with Crippen LogP contribution in [0.2, 0.25) is 0 Å². The van der Waals surface area contributed by atoms with Crippen molar-refractivity contribution in [2.45, 2.75) is 44.6 Å². The van der Waals surface area contributed by atoms with Crippen molar-refractivity contribution < 1.29 is 4.74 Å². The van der Waals surface area contributed by atoms with Gasteiger partial charge in [-0.05, 0) is 38.0 Å². The highest BCUT2D eigenvalue weighted by atomic mass is 16.5. The highest BCUT2D eigenvalue weighted by Gasteiger charge is 2.27. The summed E-state index contributed by atoms with van der Waals surface area (Å²) in [6.45, 7) is 1.98. The van der Waals surface area contributed by atoms with Crippen molar-refractivity contribution in [1.82, 2.24) is 0 Å². The van der Waals surface area contributed by atoms with Gasteiger partial charge in [0.1, 0.15) is 0 Å². The first-order valence-corrected chi connectivity index (χ1v) is 4.77. The fourth-order valence-corrected chi connectivity index (χ4v) is 2.12.